The maximum absolute atomic E-state index is 12.9. The van der Waals surface area contributed by atoms with E-state index in [0.29, 0.717) is 24.6 Å². The molecule has 0 aliphatic carbocycles. The number of aromatic amines is 1. The maximum Gasteiger partial charge on any atom is 0.321 e. The van der Waals surface area contributed by atoms with Gasteiger partial charge in [-0.3, -0.25) is 5.10 Å². The third-order valence-corrected chi connectivity index (χ3v) is 5.14. The molecular weight excluding hydrogens is 366 g/mol. The number of carbonyl (C=O) groups is 1. The first-order chi connectivity index (χ1) is 14.2. The van der Waals surface area contributed by atoms with Gasteiger partial charge in [-0.05, 0) is 43.0 Å². The Kier molecular flexibility index (Phi) is 5.74. The third kappa shape index (κ3) is 4.74. The molecule has 150 valence electrons. The van der Waals surface area contributed by atoms with E-state index in [2.05, 4.69) is 20.5 Å². The molecule has 4 rings (SSSR count). The summed E-state index contributed by atoms with van der Waals surface area (Å²) in [5.74, 6) is 1.69. The van der Waals surface area contributed by atoms with Crippen molar-refractivity contribution in [2.75, 3.05) is 18.4 Å². The second-order valence-corrected chi connectivity index (χ2v) is 7.36. The predicted octanol–water partition coefficient (Wildman–Crippen LogP) is 4.10. The number of rotatable bonds is 5. The number of piperidine rings is 1. The smallest absolute Gasteiger partial charge is 0.321 e. The van der Waals surface area contributed by atoms with Crippen molar-refractivity contribution >= 4 is 11.7 Å². The lowest BCUT2D eigenvalue weighted by Crippen LogP contribution is -2.41. The Bertz CT molecular complexity index is 943. The molecule has 1 atom stereocenters. The number of H-pyrrole nitrogens is 1. The Morgan fingerprint density at radius 1 is 1.28 bits per heavy atom. The van der Waals surface area contributed by atoms with E-state index in [9.17, 15) is 4.79 Å². The molecule has 1 aliphatic rings. The van der Waals surface area contributed by atoms with Gasteiger partial charge < -0.3 is 15.0 Å². The Balaban J connectivity index is 1.43. The highest BCUT2D eigenvalue weighted by molar-refractivity contribution is 5.91. The minimum atomic E-state index is -0.123. The summed E-state index contributed by atoms with van der Waals surface area (Å²) in [4.78, 5) is 19.0. The van der Waals surface area contributed by atoms with E-state index >= 15 is 0 Å². The largest absolute Gasteiger partial charge is 0.487 e. The van der Waals surface area contributed by atoms with Crippen molar-refractivity contribution in [3.05, 3.63) is 71.8 Å². The molecule has 0 spiro atoms. The van der Waals surface area contributed by atoms with E-state index in [1.807, 2.05) is 60.4 Å². The molecule has 1 fully saturated rings. The Hall–Kier alpha value is -3.35. The van der Waals surface area contributed by atoms with Gasteiger partial charge >= 0.3 is 6.03 Å². The molecule has 7 heteroatoms. The van der Waals surface area contributed by atoms with Gasteiger partial charge in [0.1, 0.15) is 24.5 Å². The highest BCUT2D eigenvalue weighted by Gasteiger charge is 2.26. The molecule has 2 N–H and O–H groups in total. The van der Waals surface area contributed by atoms with E-state index in [-0.39, 0.29) is 11.9 Å². The van der Waals surface area contributed by atoms with Crippen LogP contribution in [0.25, 0.3) is 0 Å². The van der Waals surface area contributed by atoms with Crippen molar-refractivity contribution < 1.29 is 9.53 Å². The number of amides is 2. The summed E-state index contributed by atoms with van der Waals surface area (Å²) in [7, 11) is 0. The van der Waals surface area contributed by atoms with Crippen LogP contribution in [0.15, 0.2) is 54.9 Å². The zero-order chi connectivity index (χ0) is 20.1. The van der Waals surface area contributed by atoms with Crippen LogP contribution in [-0.4, -0.2) is 39.2 Å². The number of anilines is 1. The van der Waals surface area contributed by atoms with E-state index in [4.69, 9.17) is 4.74 Å². The summed E-state index contributed by atoms with van der Waals surface area (Å²) < 4.78 is 6.02. The fourth-order valence-corrected chi connectivity index (χ4v) is 3.58. The summed E-state index contributed by atoms with van der Waals surface area (Å²) in [5, 5.41) is 9.88. The molecule has 1 saturated heterocycles. The Morgan fingerprint density at radius 2 is 2.14 bits per heavy atom. The number of hydrogen-bond donors (Lipinski definition) is 2. The molecule has 0 radical (unpaired) electrons. The molecule has 29 heavy (non-hydrogen) atoms. The molecule has 7 nitrogen and oxygen atoms in total. The summed E-state index contributed by atoms with van der Waals surface area (Å²) >= 11 is 0. The molecule has 2 heterocycles. The number of aromatic nitrogens is 3. The quantitative estimate of drug-likeness (QED) is 0.686. The van der Waals surface area contributed by atoms with E-state index in [1.165, 1.54) is 6.33 Å². The topological polar surface area (TPSA) is 83.1 Å². The van der Waals surface area contributed by atoms with Gasteiger partial charge in [-0.25, -0.2) is 9.78 Å². The van der Waals surface area contributed by atoms with Gasteiger partial charge in [0.2, 0.25) is 0 Å². The van der Waals surface area contributed by atoms with Gasteiger partial charge in [0.15, 0.2) is 0 Å². The SMILES string of the molecule is Cc1ccc(NC(=O)N2CCCC(c3ncn[nH]3)C2)c(OCc2ccccc2)c1. The van der Waals surface area contributed by atoms with E-state index < -0.39 is 0 Å². The van der Waals surface area contributed by atoms with Gasteiger partial charge in [-0.1, -0.05) is 36.4 Å². The number of urea groups is 1. The number of hydrogen-bond acceptors (Lipinski definition) is 4. The summed E-state index contributed by atoms with van der Waals surface area (Å²) in [6.45, 7) is 3.80. The number of carbonyl (C=O) groups excluding carboxylic acids is 1. The minimum absolute atomic E-state index is 0.123. The molecule has 0 saturated carbocycles. The molecule has 2 amide bonds. The van der Waals surface area contributed by atoms with Gasteiger partial charge in [0, 0.05) is 19.0 Å². The van der Waals surface area contributed by atoms with Crippen LogP contribution in [-0.2, 0) is 6.61 Å². The lowest BCUT2D eigenvalue weighted by Gasteiger charge is -2.31. The molecule has 1 aliphatic heterocycles. The van der Waals surface area contributed by atoms with Gasteiger partial charge in [0.05, 0.1) is 5.69 Å². The monoisotopic (exact) mass is 391 g/mol. The molecule has 3 aromatic rings. The fourth-order valence-electron chi connectivity index (χ4n) is 3.58. The number of benzene rings is 2. The van der Waals surface area contributed by atoms with Crippen LogP contribution in [0.4, 0.5) is 10.5 Å². The van der Waals surface area contributed by atoms with Crippen molar-refractivity contribution in [1.82, 2.24) is 20.1 Å². The van der Waals surface area contributed by atoms with Crippen LogP contribution in [0.1, 0.15) is 35.7 Å². The third-order valence-electron chi connectivity index (χ3n) is 5.14. The Morgan fingerprint density at radius 3 is 2.93 bits per heavy atom. The molecule has 2 aromatic carbocycles. The zero-order valence-corrected chi connectivity index (χ0v) is 16.5. The summed E-state index contributed by atoms with van der Waals surface area (Å²) in [6, 6.07) is 15.7. The number of ether oxygens (including phenoxy) is 1. The summed E-state index contributed by atoms with van der Waals surface area (Å²) in [6.07, 6.45) is 3.44. The number of nitrogens with one attached hydrogen (secondary N) is 2. The Labute approximate surface area is 170 Å². The van der Waals surface area contributed by atoms with Crippen LogP contribution in [0.2, 0.25) is 0 Å². The van der Waals surface area contributed by atoms with Crippen molar-refractivity contribution in [2.24, 2.45) is 0 Å². The minimum Gasteiger partial charge on any atom is -0.487 e. The van der Waals surface area contributed by atoms with Gasteiger partial charge in [-0.15, -0.1) is 0 Å². The zero-order valence-electron chi connectivity index (χ0n) is 16.5. The highest BCUT2D eigenvalue weighted by Crippen LogP contribution is 2.29. The maximum atomic E-state index is 12.9. The van der Waals surface area contributed by atoms with Crippen LogP contribution in [0, 0.1) is 6.92 Å². The van der Waals surface area contributed by atoms with Crippen LogP contribution in [0.3, 0.4) is 0 Å². The average molecular weight is 391 g/mol. The van der Waals surface area contributed by atoms with Crippen molar-refractivity contribution in [3.8, 4) is 5.75 Å². The lowest BCUT2D eigenvalue weighted by molar-refractivity contribution is 0.191. The normalized spacial score (nSPS) is 16.4. The van der Waals surface area contributed by atoms with Crippen LogP contribution >= 0.6 is 0 Å². The lowest BCUT2D eigenvalue weighted by atomic mass is 9.98. The van der Waals surface area contributed by atoms with Gasteiger partial charge in [0.25, 0.3) is 0 Å². The van der Waals surface area contributed by atoms with E-state index in [1.54, 1.807) is 0 Å². The molecule has 0 bridgehead atoms. The van der Waals surface area contributed by atoms with E-state index in [0.717, 1.165) is 36.3 Å². The van der Waals surface area contributed by atoms with Crippen molar-refractivity contribution in [1.29, 1.82) is 0 Å². The first kappa shape index (κ1) is 19.0. The predicted molar refractivity (Wildman–Crippen MR) is 111 cm³/mol. The summed E-state index contributed by atoms with van der Waals surface area (Å²) in [5.41, 5.74) is 2.84. The van der Waals surface area contributed by atoms with Crippen molar-refractivity contribution in [3.63, 3.8) is 0 Å². The number of nitrogens with zero attached hydrogens (tertiary/aromatic N) is 3. The van der Waals surface area contributed by atoms with Crippen molar-refractivity contribution in [2.45, 2.75) is 32.3 Å². The molecule has 1 unspecified atom stereocenters. The van der Waals surface area contributed by atoms with Crippen LogP contribution in [0.5, 0.6) is 5.75 Å². The second kappa shape index (κ2) is 8.77. The number of likely N-dealkylation sites (tertiary alicyclic amines) is 1. The first-order valence-electron chi connectivity index (χ1n) is 9.87. The highest BCUT2D eigenvalue weighted by atomic mass is 16.5. The van der Waals surface area contributed by atoms with Crippen LogP contribution < -0.4 is 10.1 Å². The molecular formula is C22H25N5O2. The fraction of sp³-hybridized carbons (Fsp3) is 0.318. The average Bonchev–Trinajstić information content (AvgIpc) is 3.30. The second-order valence-electron chi connectivity index (χ2n) is 7.36. The van der Waals surface area contributed by atoms with Gasteiger partial charge in [-0.2, -0.15) is 5.10 Å². The number of aryl methyl sites for hydroxylation is 1. The molecule has 1 aromatic heterocycles. The first-order valence-corrected chi connectivity index (χ1v) is 9.87. The standard InChI is InChI=1S/C22H25N5O2/c1-16-9-10-19(20(12-16)29-14-17-6-3-2-4-7-17)25-22(28)27-11-5-8-18(13-27)21-23-15-24-26-21/h2-4,6-7,9-10,12,15,18H,5,8,11,13-14H2,1H3,(H,25,28)(H,23,24,26).